The summed E-state index contributed by atoms with van der Waals surface area (Å²) in [5, 5.41) is 3.57. The van der Waals surface area contributed by atoms with Crippen molar-refractivity contribution in [1.29, 1.82) is 0 Å². The lowest BCUT2D eigenvalue weighted by Crippen LogP contribution is -2.57. The average molecular weight is 426 g/mol. The Bertz CT molecular complexity index is 1280. The van der Waals surface area contributed by atoms with Gasteiger partial charge in [0.25, 0.3) is 0 Å². The van der Waals surface area contributed by atoms with Gasteiger partial charge in [0, 0.05) is 6.54 Å². The normalized spacial score (nSPS) is 18.1. The number of para-hydroxylation sites is 2. The van der Waals surface area contributed by atoms with Crippen LogP contribution in [0.15, 0.2) is 83.9 Å². The van der Waals surface area contributed by atoms with Crippen molar-refractivity contribution in [2.45, 2.75) is 12.6 Å². The number of hydrogen-bond donors (Lipinski definition) is 1. The maximum Gasteiger partial charge on any atom is 0.216 e. The van der Waals surface area contributed by atoms with Gasteiger partial charge in [-0.15, -0.1) is 0 Å². The largest absolute Gasteiger partial charge is 0.331 e. The van der Waals surface area contributed by atoms with Crippen LogP contribution < -0.4 is 10.2 Å². The number of nitrogens with one attached hydrogen (secondary N) is 1. The zero-order valence-electron chi connectivity index (χ0n) is 17.5. The monoisotopic (exact) mass is 426 g/mol. The number of halogens is 1. The van der Waals surface area contributed by atoms with Gasteiger partial charge in [-0.25, -0.2) is 14.4 Å². The molecule has 2 aliphatic rings. The lowest BCUT2D eigenvalue weighted by molar-refractivity contribution is 0.275. The number of guanidine groups is 1. The molecule has 6 rings (SSSR count). The number of imidazole rings is 1. The fourth-order valence-corrected chi connectivity index (χ4v) is 4.46. The van der Waals surface area contributed by atoms with Gasteiger partial charge < -0.3 is 5.32 Å². The molecule has 0 saturated heterocycles. The predicted molar refractivity (Wildman–Crippen MR) is 124 cm³/mol. The number of fused-ring (bicyclic) bond motifs is 5. The van der Waals surface area contributed by atoms with E-state index in [-0.39, 0.29) is 12.0 Å². The van der Waals surface area contributed by atoms with E-state index in [2.05, 4.69) is 50.0 Å². The van der Waals surface area contributed by atoms with Crippen LogP contribution in [0.3, 0.4) is 0 Å². The minimum Gasteiger partial charge on any atom is -0.331 e. The van der Waals surface area contributed by atoms with Crippen molar-refractivity contribution >= 4 is 22.9 Å². The summed E-state index contributed by atoms with van der Waals surface area (Å²) in [6, 6.07) is 25.3. The highest BCUT2D eigenvalue weighted by atomic mass is 19.1. The van der Waals surface area contributed by atoms with Crippen LogP contribution in [-0.2, 0) is 6.42 Å². The summed E-state index contributed by atoms with van der Waals surface area (Å²) in [4.78, 5) is 14.2. The van der Waals surface area contributed by atoms with Gasteiger partial charge in [0.15, 0.2) is 0 Å². The second kappa shape index (κ2) is 7.76. The third-order valence-corrected chi connectivity index (χ3v) is 6.11. The molecule has 6 nitrogen and oxygen atoms in total. The van der Waals surface area contributed by atoms with Crippen molar-refractivity contribution < 1.29 is 4.39 Å². The van der Waals surface area contributed by atoms with Gasteiger partial charge in [-0.1, -0.05) is 54.6 Å². The van der Waals surface area contributed by atoms with Crippen LogP contribution in [0.1, 0.15) is 17.3 Å². The molecule has 0 fully saturated rings. The Labute approximate surface area is 185 Å². The molecule has 0 unspecified atom stereocenters. The Hall–Kier alpha value is -3.71. The lowest BCUT2D eigenvalue weighted by atomic mass is 10.1. The fourth-order valence-electron chi connectivity index (χ4n) is 4.46. The number of aliphatic imine (C=N–C) groups is 1. The first kappa shape index (κ1) is 19.0. The topological polar surface area (TPSA) is 48.7 Å². The zero-order valence-corrected chi connectivity index (χ0v) is 17.5. The number of rotatable bonds is 4. The lowest BCUT2D eigenvalue weighted by Gasteiger charge is -2.41. The maximum absolute atomic E-state index is 13.6. The van der Waals surface area contributed by atoms with E-state index in [0.717, 1.165) is 41.5 Å². The number of anilines is 1. The summed E-state index contributed by atoms with van der Waals surface area (Å²) in [5.74, 6) is 1.41. The third kappa shape index (κ3) is 3.31. The van der Waals surface area contributed by atoms with Crippen LogP contribution in [0, 0.1) is 5.82 Å². The first-order chi connectivity index (χ1) is 15.8. The molecule has 160 valence electrons. The van der Waals surface area contributed by atoms with Crippen molar-refractivity contribution in [2.75, 3.05) is 24.8 Å². The molecule has 0 amide bonds. The van der Waals surface area contributed by atoms with Crippen LogP contribution in [-0.4, -0.2) is 40.3 Å². The molecule has 1 N–H and O–H groups in total. The van der Waals surface area contributed by atoms with Crippen LogP contribution in [0.25, 0.3) is 11.0 Å². The highest BCUT2D eigenvalue weighted by Crippen LogP contribution is 2.33. The number of aromatic nitrogens is 2. The molecule has 1 aromatic heterocycles. The van der Waals surface area contributed by atoms with Crippen LogP contribution >= 0.6 is 0 Å². The summed E-state index contributed by atoms with van der Waals surface area (Å²) in [5.41, 5.74) is 4.25. The van der Waals surface area contributed by atoms with Crippen molar-refractivity contribution in [1.82, 2.24) is 19.8 Å². The molecule has 32 heavy (non-hydrogen) atoms. The van der Waals surface area contributed by atoms with Crippen molar-refractivity contribution in [3.63, 3.8) is 0 Å². The van der Waals surface area contributed by atoms with E-state index in [1.165, 1.54) is 17.7 Å². The molecule has 0 saturated carbocycles. The van der Waals surface area contributed by atoms with Gasteiger partial charge >= 0.3 is 0 Å². The van der Waals surface area contributed by atoms with Gasteiger partial charge in [-0.05, 0) is 41.8 Å². The first-order valence-electron chi connectivity index (χ1n) is 10.8. The van der Waals surface area contributed by atoms with E-state index in [4.69, 9.17) is 9.98 Å². The summed E-state index contributed by atoms with van der Waals surface area (Å²) < 4.78 is 15.8. The van der Waals surface area contributed by atoms with Crippen molar-refractivity contribution in [3.8, 4) is 0 Å². The predicted octanol–water partition coefficient (Wildman–Crippen LogP) is 3.96. The standard InChI is InChI=1S/C25H23FN6/c26-20-12-10-19(11-13-20)23-29-24-27-16-30(15-14-18-6-2-1-3-7-18)17-31(24)25-28-21-8-4-5-9-22(21)32(23)25/h1-13,23H,14-17H2,(H,27,29)/t23-/m0/s1. The van der Waals surface area contributed by atoms with Gasteiger partial charge in [0.05, 0.1) is 24.4 Å². The van der Waals surface area contributed by atoms with Crippen LogP contribution in [0.4, 0.5) is 10.3 Å². The molecule has 4 aromatic rings. The SMILES string of the molecule is Fc1ccc([C@H]2NC3=NCN(CCc4ccccc4)CN3c3nc4ccccc4n32)cc1. The Morgan fingerprint density at radius 2 is 1.72 bits per heavy atom. The molecular formula is C25H23FN6. The second-order valence-electron chi connectivity index (χ2n) is 8.19. The Morgan fingerprint density at radius 1 is 0.938 bits per heavy atom. The molecule has 3 heterocycles. The highest BCUT2D eigenvalue weighted by molar-refractivity contribution is 5.98. The van der Waals surface area contributed by atoms with Gasteiger partial charge in [0.1, 0.15) is 12.0 Å². The number of benzene rings is 3. The van der Waals surface area contributed by atoms with Crippen molar-refractivity contribution in [2.24, 2.45) is 4.99 Å². The Morgan fingerprint density at radius 3 is 2.56 bits per heavy atom. The number of hydrogen-bond acceptors (Lipinski definition) is 5. The first-order valence-corrected chi connectivity index (χ1v) is 10.8. The molecule has 0 spiro atoms. The van der Waals surface area contributed by atoms with E-state index in [0.29, 0.717) is 13.3 Å². The summed E-state index contributed by atoms with van der Waals surface area (Å²) in [7, 11) is 0. The number of nitrogens with zero attached hydrogens (tertiary/aromatic N) is 5. The van der Waals surface area contributed by atoms with E-state index in [9.17, 15) is 4.39 Å². The molecule has 0 radical (unpaired) electrons. The molecular weight excluding hydrogens is 403 g/mol. The summed E-state index contributed by atoms with van der Waals surface area (Å²) >= 11 is 0. The van der Waals surface area contributed by atoms with Crippen molar-refractivity contribution in [3.05, 3.63) is 95.8 Å². The minimum absolute atomic E-state index is 0.205. The van der Waals surface area contributed by atoms with E-state index >= 15 is 0 Å². The zero-order chi connectivity index (χ0) is 21.5. The molecule has 0 aliphatic carbocycles. The minimum atomic E-state index is -0.244. The quantitative estimate of drug-likeness (QED) is 0.537. The summed E-state index contributed by atoms with van der Waals surface area (Å²) in [6.45, 7) is 2.25. The smallest absolute Gasteiger partial charge is 0.216 e. The molecule has 3 aromatic carbocycles. The average Bonchev–Trinajstić information content (AvgIpc) is 3.23. The van der Waals surface area contributed by atoms with Gasteiger partial charge in [-0.2, -0.15) is 0 Å². The second-order valence-corrected chi connectivity index (χ2v) is 8.19. The Kier molecular flexibility index (Phi) is 4.61. The Balaban J connectivity index is 1.35. The molecule has 7 heteroatoms. The van der Waals surface area contributed by atoms with Gasteiger partial charge in [0.2, 0.25) is 11.9 Å². The third-order valence-electron chi connectivity index (χ3n) is 6.11. The fraction of sp³-hybridized carbons (Fsp3) is 0.200. The van der Waals surface area contributed by atoms with Crippen LogP contribution in [0.5, 0.6) is 0 Å². The van der Waals surface area contributed by atoms with E-state index < -0.39 is 0 Å². The molecule has 1 atom stereocenters. The summed E-state index contributed by atoms with van der Waals surface area (Å²) in [6.07, 6.45) is 0.769. The van der Waals surface area contributed by atoms with Crippen LogP contribution in [0.2, 0.25) is 0 Å². The van der Waals surface area contributed by atoms with E-state index in [1.54, 1.807) is 0 Å². The molecule has 0 bridgehead atoms. The maximum atomic E-state index is 13.6. The van der Waals surface area contributed by atoms with Gasteiger partial charge in [-0.3, -0.25) is 14.4 Å². The molecule has 2 aliphatic heterocycles. The highest BCUT2D eigenvalue weighted by Gasteiger charge is 2.35. The van der Waals surface area contributed by atoms with E-state index in [1.807, 2.05) is 36.4 Å².